The van der Waals surface area contributed by atoms with Gasteiger partial charge in [0.2, 0.25) is 0 Å². The molecule has 0 aromatic heterocycles. The summed E-state index contributed by atoms with van der Waals surface area (Å²) in [6.45, 7) is 4.96. The summed E-state index contributed by atoms with van der Waals surface area (Å²) in [4.78, 5) is 13.6. The van der Waals surface area contributed by atoms with Crippen molar-refractivity contribution in [2.75, 3.05) is 30.7 Å². The fraction of sp³-hybridized carbons (Fsp3) is 0.533. The third-order valence-corrected chi connectivity index (χ3v) is 3.79. The van der Waals surface area contributed by atoms with E-state index in [2.05, 4.69) is 10.2 Å². The second-order valence-electron chi connectivity index (χ2n) is 5.60. The van der Waals surface area contributed by atoms with Crippen molar-refractivity contribution in [1.29, 1.82) is 0 Å². The minimum atomic E-state index is -1.22. The molecule has 0 radical (unpaired) electrons. The van der Waals surface area contributed by atoms with Crippen molar-refractivity contribution < 1.29 is 14.3 Å². The SMILES string of the molecule is CC(CN1CCCCC1)Nc1ccc(F)c(N)c1C(=O)O. The molecule has 1 aromatic rings. The maximum absolute atomic E-state index is 13.4. The van der Waals surface area contributed by atoms with Gasteiger partial charge in [-0.1, -0.05) is 6.42 Å². The summed E-state index contributed by atoms with van der Waals surface area (Å²) in [6, 6.07) is 2.69. The molecule has 0 spiro atoms. The van der Waals surface area contributed by atoms with Gasteiger partial charge in [0.05, 0.1) is 11.4 Å². The molecule has 1 saturated heterocycles. The summed E-state index contributed by atoms with van der Waals surface area (Å²) in [5, 5.41) is 12.3. The topological polar surface area (TPSA) is 78.6 Å². The van der Waals surface area contributed by atoms with E-state index in [0.29, 0.717) is 5.69 Å². The van der Waals surface area contributed by atoms with E-state index < -0.39 is 11.8 Å². The average Bonchev–Trinajstić information content (AvgIpc) is 2.43. The third kappa shape index (κ3) is 3.85. The first-order valence-electron chi connectivity index (χ1n) is 7.29. The monoisotopic (exact) mass is 295 g/mol. The van der Waals surface area contributed by atoms with Crippen molar-refractivity contribution in [2.45, 2.75) is 32.2 Å². The number of halogens is 1. The lowest BCUT2D eigenvalue weighted by molar-refractivity contribution is 0.0698. The third-order valence-electron chi connectivity index (χ3n) is 3.79. The van der Waals surface area contributed by atoms with E-state index in [-0.39, 0.29) is 17.3 Å². The second kappa shape index (κ2) is 6.76. The molecule has 0 aliphatic carbocycles. The predicted molar refractivity (Wildman–Crippen MR) is 81.1 cm³/mol. The van der Waals surface area contributed by atoms with E-state index in [4.69, 9.17) is 5.73 Å². The second-order valence-corrected chi connectivity index (χ2v) is 5.60. The molecule has 1 aliphatic rings. The van der Waals surface area contributed by atoms with Crippen LogP contribution in [0.25, 0.3) is 0 Å². The Hall–Kier alpha value is -1.82. The van der Waals surface area contributed by atoms with Gasteiger partial charge in [-0.25, -0.2) is 9.18 Å². The number of piperidine rings is 1. The van der Waals surface area contributed by atoms with Gasteiger partial charge in [-0.3, -0.25) is 0 Å². The van der Waals surface area contributed by atoms with Gasteiger partial charge >= 0.3 is 5.97 Å². The molecule has 6 heteroatoms. The highest BCUT2D eigenvalue weighted by atomic mass is 19.1. The Morgan fingerprint density at radius 3 is 2.71 bits per heavy atom. The Morgan fingerprint density at radius 2 is 2.10 bits per heavy atom. The van der Waals surface area contributed by atoms with Crippen LogP contribution in [-0.4, -0.2) is 41.7 Å². The van der Waals surface area contributed by atoms with E-state index in [0.717, 1.165) is 19.6 Å². The number of carboxylic acids is 1. The summed E-state index contributed by atoms with van der Waals surface area (Å²) in [7, 11) is 0. The van der Waals surface area contributed by atoms with Crippen molar-refractivity contribution in [3.8, 4) is 0 Å². The average molecular weight is 295 g/mol. The van der Waals surface area contributed by atoms with Crippen LogP contribution in [0.1, 0.15) is 36.5 Å². The molecular weight excluding hydrogens is 273 g/mol. The van der Waals surface area contributed by atoms with Crippen LogP contribution >= 0.6 is 0 Å². The van der Waals surface area contributed by atoms with Crippen LogP contribution in [0, 0.1) is 5.82 Å². The standard InChI is InChI=1S/C15H22FN3O2/c1-10(9-19-7-3-2-4-8-19)18-12-6-5-11(16)14(17)13(12)15(20)21/h5-6,10,18H,2-4,7-9,17H2,1H3,(H,20,21). The highest BCUT2D eigenvalue weighted by Gasteiger charge is 2.20. The van der Waals surface area contributed by atoms with Crippen LogP contribution in [0.15, 0.2) is 12.1 Å². The normalized spacial score (nSPS) is 17.4. The quantitative estimate of drug-likeness (QED) is 0.727. The zero-order chi connectivity index (χ0) is 15.4. The summed E-state index contributed by atoms with van der Waals surface area (Å²) in [5.74, 6) is -1.93. The van der Waals surface area contributed by atoms with Gasteiger partial charge in [0.15, 0.2) is 0 Å². The number of rotatable bonds is 5. The van der Waals surface area contributed by atoms with Gasteiger partial charge in [0, 0.05) is 12.6 Å². The highest BCUT2D eigenvalue weighted by Crippen LogP contribution is 2.26. The number of carbonyl (C=O) groups is 1. The van der Waals surface area contributed by atoms with Crippen LogP contribution < -0.4 is 11.1 Å². The number of hydrogen-bond acceptors (Lipinski definition) is 4. The van der Waals surface area contributed by atoms with Crippen molar-refractivity contribution in [3.63, 3.8) is 0 Å². The molecule has 0 bridgehead atoms. The summed E-state index contributed by atoms with van der Waals surface area (Å²) < 4.78 is 13.4. The van der Waals surface area contributed by atoms with Crippen molar-refractivity contribution in [3.05, 3.63) is 23.5 Å². The van der Waals surface area contributed by atoms with Crippen molar-refractivity contribution >= 4 is 17.3 Å². The molecule has 1 aromatic carbocycles. The lowest BCUT2D eigenvalue weighted by Gasteiger charge is -2.30. The molecule has 116 valence electrons. The number of nitrogen functional groups attached to an aromatic ring is 1. The number of likely N-dealkylation sites (tertiary alicyclic amines) is 1. The van der Waals surface area contributed by atoms with Crippen LogP contribution in [0.3, 0.4) is 0 Å². The molecule has 2 rings (SSSR count). The Kier molecular flexibility index (Phi) is 5.01. The Bertz CT molecular complexity index is 516. The van der Waals surface area contributed by atoms with Crippen molar-refractivity contribution in [1.82, 2.24) is 4.90 Å². The predicted octanol–water partition coefficient (Wildman–Crippen LogP) is 2.39. The smallest absolute Gasteiger partial charge is 0.340 e. The van der Waals surface area contributed by atoms with E-state index in [1.165, 1.54) is 31.4 Å². The maximum atomic E-state index is 13.4. The van der Waals surface area contributed by atoms with Gasteiger partial charge in [-0.15, -0.1) is 0 Å². The maximum Gasteiger partial charge on any atom is 0.340 e. The van der Waals surface area contributed by atoms with Gasteiger partial charge in [0.1, 0.15) is 11.4 Å². The number of hydrogen-bond donors (Lipinski definition) is 3. The van der Waals surface area contributed by atoms with E-state index >= 15 is 0 Å². The number of nitrogens with two attached hydrogens (primary N) is 1. The Morgan fingerprint density at radius 1 is 1.43 bits per heavy atom. The van der Waals surface area contributed by atoms with Gasteiger partial charge in [0.25, 0.3) is 0 Å². The summed E-state index contributed by atoms with van der Waals surface area (Å²) in [6.07, 6.45) is 3.68. The van der Waals surface area contributed by atoms with Crippen LogP contribution in [0.4, 0.5) is 15.8 Å². The highest BCUT2D eigenvalue weighted by molar-refractivity contribution is 6.00. The van der Waals surface area contributed by atoms with E-state index in [1.807, 2.05) is 6.92 Å². The van der Waals surface area contributed by atoms with Crippen LogP contribution in [0.2, 0.25) is 0 Å². The largest absolute Gasteiger partial charge is 0.478 e. The van der Waals surface area contributed by atoms with Crippen molar-refractivity contribution in [2.24, 2.45) is 0 Å². The minimum absolute atomic E-state index is 0.0612. The lowest BCUT2D eigenvalue weighted by atomic mass is 10.1. The first-order chi connectivity index (χ1) is 9.99. The molecule has 1 unspecified atom stereocenters. The Balaban J connectivity index is 2.08. The number of carboxylic acid groups (broad SMARTS) is 1. The molecule has 1 heterocycles. The fourth-order valence-corrected chi connectivity index (χ4v) is 2.79. The molecule has 21 heavy (non-hydrogen) atoms. The number of nitrogens with zero attached hydrogens (tertiary/aromatic N) is 1. The molecule has 0 saturated carbocycles. The number of anilines is 2. The van der Waals surface area contributed by atoms with Gasteiger partial charge < -0.3 is 21.1 Å². The summed E-state index contributed by atoms with van der Waals surface area (Å²) >= 11 is 0. The molecule has 1 atom stereocenters. The number of nitrogens with one attached hydrogen (secondary N) is 1. The van der Waals surface area contributed by atoms with Crippen LogP contribution in [0.5, 0.6) is 0 Å². The van der Waals surface area contributed by atoms with E-state index in [9.17, 15) is 14.3 Å². The first-order valence-corrected chi connectivity index (χ1v) is 7.29. The zero-order valence-corrected chi connectivity index (χ0v) is 12.2. The lowest BCUT2D eigenvalue weighted by Crippen LogP contribution is -2.38. The fourth-order valence-electron chi connectivity index (χ4n) is 2.79. The molecular formula is C15H22FN3O2. The number of benzene rings is 1. The summed E-state index contributed by atoms with van der Waals surface area (Å²) in [5.41, 5.74) is 5.39. The Labute approximate surface area is 123 Å². The van der Waals surface area contributed by atoms with Gasteiger partial charge in [-0.2, -0.15) is 0 Å². The number of aromatic carboxylic acids is 1. The molecule has 1 aliphatic heterocycles. The molecule has 5 nitrogen and oxygen atoms in total. The zero-order valence-electron chi connectivity index (χ0n) is 12.2. The van der Waals surface area contributed by atoms with Crippen LogP contribution in [-0.2, 0) is 0 Å². The van der Waals surface area contributed by atoms with E-state index in [1.54, 1.807) is 0 Å². The molecule has 1 fully saturated rings. The molecule has 0 amide bonds. The minimum Gasteiger partial charge on any atom is -0.478 e. The first kappa shape index (κ1) is 15.6. The molecule has 4 N–H and O–H groups in total. The van der Waals surface area contributed by atoms with Gasteiger partial charge in [-0.05, 0) is 45.0 Å².